The summed E-state index contributed by atoms with van der Waals surface area (Å²) in [5.74, 6) is 0.669. The smallest absolute Gasteiger partial charge is 0.0404 e. The Labute approximate surface area is 46.6 Å². The highest BCUT2D eigenvalue weighted by atomic mass is 35.5. The molecule has 0 aliphatic carbocycles. The summed E-state index contributed by atoms with van der Waals surface area (Å²) in [6.45, 7) is 0. The van der Waals surface area contributed by atoms with Crippen LogP contribution in [0, 0.1) is 0 Å². The maximum atomic E-state index is 5.31. The van der Waals surface area contributed by atoms with Crippen LogP contribution < -0.4 is 0 Å². The van der Waals surface area contributed by atoms with Gasteiger partial charge in [0, 0.05) is 16.1 Å². The molecule has 0 N–H and O–H groups in total. The first kappa shape index (κ1) is 6.25. The second kappa shape index (κ2) is 5.25. The Balaban J connectivity index is 2.73. The van der Waals surface area contributed by atoms with Crippen molar-refractivity contribution in [1.29, 1.82) is 0 Å². The van der Waals surface area contributed by atoms with Crippen molar-refractivity contribution in [3.8, 4) is 0 Å². The number of hydrogen-bond donors (Lipinski definition) is 0. The Morgan fingerprint density at radius 3 is 2.33 bits per heavy atom. The van der Waals surface area contributed by atoms with Gasteiger partial charge in [-0.3, -0.25) is 0 Å². The number of hydrogen-bond acceptors (Lipinski definition) is 0. The molecule has 0 aromatic heterocycles. The monoisotopic (exact) mass is 120 g/mol. The van der Waals surface area contributed by atoms with Gasteiger partial charge in [0.15, 0.2) is 0 Å². The summed E-state index contributed by atoms with van der Waals surface area (Å²) in [5.41, 5.74) is 0. The molecule has 0 saturated carbocycles. The third kappa shape index (κ3) is 4.25. The van der Waals surface area contributed by atoms with Gasteiger partial charge in [0.1, 0.15) is 0 Å². The van der Waals surface area contributed by atoms with Crippen molar-refractivity contribution in [2.75, 3.05) is 5.88 Å². The van der Waals surface area contributed by atoms with Crippen LogP contribution in [-0.2, 0) is 0 Å². The van der Waals surface area contributed by atoms with Crippen LogP contribution in [-0.4, -0.2) is 16.1 Å². The Morgan fingerprint density at radius 1 is 1.50 bits per heavy atom. The van der Waals surface area contributed by atoms with Crippen molar-refractivity contribution in [3.05, 3.63) is 12.2 Å². The highest BCUT2D eigenvalue weighted by Gasteiger charge is 1.61. The molecular formula is C4H9ClSi. The van der Waals surface area contributed by atoms with Gasteiger partial charge in [0.2, 0.25) is 0 Å². The van der Waals surface area contributed by atoms with Gasteiger partial charge < -0.3 is 0 Å². The Hall–Kier alpha value is 0.247. The molecule has 0 radical (unpaired) electrons. The maximum absolute atomic E-state index is 5.31. The predicted octanol–water partition coefficient (Wildman–Crippen LogP) is 0.565. The molecule has 2 heteroatoms. The zero-order chi connectivity index (χ0) is 4.83. The second-order valence-electron chi connectivity index (χ2n) is 1.03. The van der Waals surface area contributed by atoms with E-state index in [4.69, 9.17) is 11.6 Å². The minimum atomic E-state index is 0.669. The molecule has 6 heavy (non-hydrogen) atoms. The molecule has 0 bridgehead atoms. The molecule has 0 rings (SSSR count). The van der Waals surface area contributed by atoms with Crippen LogP contribution >= 0.6 is 11.6 Å². The molecule has 0 saturated heterocycles. The van der Waals surface area contributed by atoms with E-state index in [1.54, 1.807) is 0 Å². The van der Waals surface area contributed by atoms with Crippen LogP contribution in [0.2, 0.25) is 6.04 Å². The summed E-state index contributed by atoms with van der Waals surface area (Å²) in [4.78, 5) is 0. The topological polar surface area (TPSA) is 0 Å². The third-order valence-electron chi connectivity index (χ3n) is 0.491. The van der Waals surface area contributed by atoms with Crippen LogP contribution in [0.4, 0.5) is 0 Å². The molecule has 0 heterocycles. The molecule has 36 valence electrons. The van der Waals surface area contributed by atoms with Crippen LogP contribution in [0.25, 0.3) is 0 Å². The quantitative estimate of drug-likeness (QED) is 0.284. The van der Waals surface area contributed by atoms with E-state index in [0.29, 0.717) is 5.88 Å². The van der Waals surface area contributed by atoms with Gasteiger partial charge in [-0.15, -0.1) is 11.6 Å². The molecular weight excluding hydrogens is 112 g/mol. The molecule has 0 amide bonds. The lowest BCUT2D eigenvalue weighted by Crippen LogP contribution is -1.59. The van der Waals surface area contributed by atoms with Gasteiger partial charge in [-0.1, -0.05) is 12.2 Å². The standard InChI is InChI=1S/C4H9ClSi/c5-3-1-2-4-6/h1-2H,3-4H2,6H3. The average molecular weight is 121 g/mol. The van der Waals surface area contributed by atoms with E-state index >= 15 is 0 Å². The highest BCUT2D eigenvalue weighted by molar-refractivity contribution is 6.19. The molecule has 0 atom stereocenters. The van der Waals surface area contributed by atoms with E-state index in [9.17, 15) is 0 Å². The fraction of sp³-hybridized carbons (Fsp3) is 0.500. The van der Waals surface area contributed by atoms with E-state index in [2.05, 4.69) is 6.08 Å². The zero-order valence-corrected chi connectivity index (χ0v) is 6.70. The van der Waals surface area contributed by atoms with E-state index in [-0.39, 0.29) is 0 Å². The van der Waals surface area contributed by atoms with Gasteiger partial charge >= 0.3 is 0 Å². The molecule has 0 aliphatic rings. The number of halogens is 1. The van der Waals surface area contributed by atoms with Crippen LogP contribution in [0.5, 0.6) is 0 Å². The molecule has 0 unspecified atom stereocenters. The molecule has 0 fully saturated rings. The highest BCUT2D eigenvalue weighted by Crippen LogP contribution is 1.78. The first-order chi connectivity index (χ1) is 2.91. The van der Waals surface area contributed by atoms with Crippen molar-refractivity contribution in [2.24, 2.45) is 0 Å². The summed E-state index contributed by atoms with van der Waals surface area (Å²) in [6.07, 6.45) is 4.09. The third-order valence-corrected chi connectivity index (χ3v) is 1.14. The predicted molar refractivity (Wildman–Crippen MR) is 34.6 cm³/mol. The lowest BCUT2D eigenvalue weighted by molar-refractivity contribution is 1.63. The number of rotatable bonds is 2. The fourth-order valence-electron chi connectivity index (χ4n) is 0.230. The summed E-state index contributed by atoms with van der Waals surface area (Å²) in [5, 5.41) is 0. The SMILES string of the molecule is [SiH3]CC=CCCl. The summed E-state index contributed by atoms with van der Waals surface area (Å²) < 4.78 is 0. The molecule has 0 aromatic rings. The fourth-order valence-corrected chi connectivity index (χ4v) is 0.689. The minimum absolute atomic E-state index is 0.669. The van der Waals surface area contributed by atoms with Gasteiger partial charge in [0.25, 0.3) is 0 Å². The van der Waals surface area contributed by atoms with E-state index in [1.165, 1.54) is 16.3 Å². The van der Waals surface area contributed by atoms with Crippen molar-refractivity contribution in [1.82, 2.24) is 0 Å². The molecule has 0 aliphatic heterocycles. The molecule has 0 spiro atoms. The first-order valence-electron chi connectivity index (χ1n) is 2.12. The first-order valence-corrected chi connectivity index (χ1v) is 4.07. The van der Waals surface area contributed by atoms with Crippen molar-refractivity contribution in [3.63, 3.8) is 0 Å². The van der Waals surface area contributed by atoms with Crippen LogP contribution in [0.3, 0.4) is 0 Å². The average Bonchev–Trinajstić information content (AvgIpc) is 1.61. The summed E-state index contributed by atoms with van der Waals surface area (Å²) in [7, 11) is 1.26. The second-order valence-corrected chi connectivity index (χ2v) is 2.16. The summed E-state index contributed by atoms with van der Waals surface area (Å²) in [6, 6.07) is 1.23. The Bertz CT molecular complexity index is 36.8. The Morgan fingerprint density at radius 2 is 2.17 bits per heavy atom. The lowest BCUT2D eigenvalue weighted by atomic mass is 10.6. The van der Waals surface area contributed by atoms with Gasteiger partial charge in [-0.2, -0.15) is 0 Å². The van der Waals surface area contributed by atoms with Gasteiger partial charge in [-0.25, -0.2) is 0 Å². The van der Waals surface area contributed by atoms with E-state index in [1.807, 2.05) is 6.08 Å². The number of alkyl halides is 1. The molecule has 0 aromatic carbocycles. The van der Waals surface area contributed by atoms with E-state index < -0.39 is 0 Å². The van der Waals surface area contributed by atoms with E-state index in [0.717, 1.165) is 0 Å². The van der Waals surface area contributed by atoms with Crippen molar-refractivity contribution >= 4 is 21.8 Å². The van der Waals surface area contributed by atoms with Crippen molar-refractivity contribution in [2.45, 2.75) is 6.04 Å². The minimum Gasteiger partial charge on any atom is -0.122 e. The number of allylic oxidation sites excluding steroid dienone is 2. The maximum Gasteiger partial charge on any atom is 0.0404 e. The largest absolute Gasteiger partial charge is 0.122 e. The zero-order valence-electron chi connectivity index (χ0n) is 3.95. The summed E-state index contributed by atoms with van der Waals surface area (Å²) >= 11 is 5.31. The van der Waals surface area contributed by atoms with Crippen LogP contribution in [0.15, 0.2) is 12.2 Å². The van der Waals surface area contributed by atoms with Gasteiger partial charge in [0.05, 0.1) is 0 Å². The normalized spacial score (nSPS) is 10.8. The lowest BCUT2D eigenvalue weighted by Gasteiger charge is -1.70. The van der Waals surface area contributed by atoms with Gasteiger partial charge in [-0.05, 0) is 6.04 Å². The van der Waals surface area contributed by atoms with Crippen molar-refractivity contribution < 1.29 is 0 Å². The molecule has 0 nitrogen and oxygen atoms in total. The Kier molecular flexibility index (Phi) is 5.46. The van der Waals surface area contributed by atoms with Crippen LogP contribution in [0.1, 0.15) is 0 Å².